The Morgan fingerprint density at radius 1 is 0.516 bits per heavy atom. The van der Waals surface area contributed by atoms with E-state index in [1.54, 1.807) is 0 Å². The Labute approximate surface area is 370 Å². The van der Waals surface area contributed by atoms with Crippen LogP contribution in [-0.4, -0.2) is 6.71 Å². The number of rotatable bonds is 3. The quantitative estimate of drug-likeness (QED) is 0.165. The third-order valence-electron chi connectivity index (χ3n) is 15.3. The molecule has 3 heterocycles. The summed E-state index contributed by atoms with van der Waals surface area (Å²) in [4.78, 5) is 7.89. The second-order valence-corrected chi connectivity index (χ2v) is 21.1. The molecule has 0 saturated heterocycles. The van der Waals surface area contributed by atoms with Crippen LogP contribution in [0.4, 0.5) is 45.5 Å². The zero-order valence-corrected chi connectivity index (χ0v) is 38.2. The Kier molecular flexibility index (Phi) is 8.32. The fraction of sp³-hybridized carbons (Fsp3) is 0.276. The van der Waals surface area contributed by atoms with E-state index in [4.69, 9.17) is 0 Å². The summed E-state index contributed by atoms with van der Waals surface area (Å²) in [5, 5.41) is 0. The highest BCUT2D eigenvalue weighted by molar-refractivity contribution is 7.00. The Morgan fingerprint density at radius 2 is 1.11 bits per heavy atom. The molecule has 7 aromatic rings. The van der Waals surface area contributed by atoms with Crippen molar-refractivity contribution in [2.45, 2.75) is 104 Å². The highest BCUT2D eigenvalue weighted by atomic mass is 15.3. The number of fused-ring (bicyclic) bond motifs is 9. The maximum absolute atomic E-state index is 2.76. The maximum Gasteiger partial charge on any atom is 0.252 e. The summed E-state index contributed by atoms with van der Waals surface area (Å²) in [6, 6.07) is 56.2. The molecule has 0 saturated carbocycles. The predicted molar refractivity (Wildman–Crippen MR) is 265 cm³/mol. The van der Waals surface area contributed by atoms with Gasteiger partial charge in [-0.3, -0.25) is 0 Å². The first kappa shape index (κ1) is 38.9. The van der Waals surface area contributed by atoms with Crippen molar-refractivity contribution in [3.8, 4) is 0 Å². The molecule has 308 valence electrons. The molecule has 3 nitrogen and oxygen atoms in total. The minimum atomic E-state index is -0.303. The van der Waals surface area contributed by atoms with Gasteiger partial charge in [-0.2, -0.15) is 0 Å². The van der Waals surface area contributed by atoms with E-state index in [1.807, 2.05) is 0 Å². The SMILES string of the molecule is Cc1cc(C)c2c(c1)C1(C)CCc3ccccc3C1(C)N2c1ccc2c(c1)N(c1ccc(C(C)(C)C)cc1)c1cc(C(C)(C)C)cc3c1B2c1ccccc1N3c1ccccc1. The van der Waals surface area contributed by atoms with Gasteiger partial charge >= 0.3 is 0 Å². The van der Waals surface area contributed by atoms with Crippen molar-refractivity contribution in [2.75, 3.05) is 14.7 Å². The van der Waals surface area contributed by atoms with Crippen molar-refractivity contribution < 1.29 is 0 Å². The van der Waals surface area contributed by atoms with Gasteiger partial charge in [-0.1, -0.05) is 145 Å². The van der Waals surface area contributed by atoms with Crippen molar-refractivity contribution >= 4 is 68.6 Å². The van der Waals surface area contributed by atoms with Gasteiger partial charge in [0.05, 0.1) is 5.54 Å². The summed E-state index contributed by atoms with van der Waals surface area (Å²) >= 11 is 0. The Bertz CT molecular complexity index is 2950. The summed E-state index contributed by atoms with van der Waals surface area (Å²) in [6.07, 6.45) is 2.19. The van der Waals surface area contributed by atoms with Gasteiger partial charge in [-0.15, -0.1) is 0 Å². The second-order valence-electron chi connectivity index (χ2n) is 21.1. The highest BCUT2D eigenvalue weighted by Gasteiger charge is 2.60. The summed E-state index contributed by atoms with van der Waals surface area (Å²) in [5.74, 6) is 0. The van der Waals surface area contributed by atoms with E-state index in [9.17, 15) is 0 Å². The normalized spacial score (nSPS) is 19.6. The molecule has 4 aliphatic rings. The molecule has 0 amide bonds. The average molecular weight is 808 g/mol. The first-order valence-corrected chi connectivity index (χ1v) is 22.8. The van der Waals surface area contributed by atoms with Crippen molar-refractivity contribution in [1.29, 1.82) is 0 Å². The van der Waals surface area contributed by atoms with E-state index < -0.39 is 0 Å². The molecule has 3 aliphatic heterocycles. The third kappa shape index (κ3) is 5.38. The maximum atomic E-state index is 2.76. The molecule has 0 aromatic heterocycles. The van der Waals surface area contributed by atoms with Crippen molar-refractivity contribution in [1.82, 2.24) is 0 Å². The van der Waals surface area contributed by atoms with Crippen LogP contribution in [0, 0.1) is 13.8 Å². The summed E-state index contributed by atoms with van der Waals surface area (Å²) in [5.41, 5.74) is 23.3. The van der Waals surface area contributed by atoms with Crippen molar-refractivity contribution in [2.24, 2.45) is 0 Å². The number of anilines is 8. The topological polar surface area (TPSA) is 9.72 Å². The van der Waals surface area contributed by atoms with Gasteiger partial charge in [-0.25, -0.2) is 0 Å². The first-order chi connectivity index (χ1) is 29.6. The number of nitrogens with zero attached hydrogens (tertiary/aromatic N) is 3. The number of benzene rings is 7. The molecule has 62 heavy (non-hydrogen) atoms. The molecule has 2 atom stereocenters. The fourth-order valence-corrected chi connectivity index (χ4v) is 11.9. The van der Waals surface area contributed by atoms with Gasteiger partial charge in [0.1, 0.15) is 0 Å². The van der Waals surface area contributed by atoms with E-state index in [0.717, 1.165) is 12.8 Å². The minimum Gasteiger partial charge on any atom is -0.330 e. The number of hydrogen-bond donors (Lipinski definition) is 0. The lowest BCUT2D eigenvalue weighted by atomic mass is 9.33. The number of hydrogen-bond acceptors (Lipinski definition) is 3. The van der Waals surface area contributed by atoms with Crippen molar-refractivity contribution in [3.63, 3.8) is 0 Å². The molecule has 0 bridgehead atoms. The van der Waals surface area contributed by atoms with Gasteiger partial charge in [0.15, 0.2) is 0 Å². The Hall–Kier alpha value is -6.00. The van der Waals surface area contributed by atoms with Crippen LogP contribution in [0.1, 0.15) is 101 Å². The lowest BCUT2D eigenvalue weighted by Crippen LogP contribution is -2.61. The van der Waals surface area contributed by atoms with Crippen LogP contribution in [0.25, 0.3) is 0 Å². The van der Waals surface area contributed by atoms with E-state index in [2.05, 4.69) is 230 Å². The summed E-state index contributed by atoms with van der Waals surface area (Å²) in [6.45, 7) is 23.7. The van der Waals surface area contributed by atoms with Crippen LogP contribution >= 0.6 is 0 Å². The molecular weight excluding hydrogens is 749 g/mol. The molecular formula is C58H58BN3. The molecule has 0 spiro atoms. The minimum absolute atomic E-state index is 0.0412. The molecule has 0 N–H and O–H groups in total. The van der Waals surface area contributed by atoms with Gasteiger partial charge in [-0.05, 0) is 149 Å². The van der Waals surface area contributed by atoms with E-state index in [1.165, 1.54) is 101 Å². The molecule has 0 fully saturated rings. The molecule has 1 aliphatic carbocycles. The third-order valence-corrected chi connectivity index (χ3v) is 15.3. The first-order valence-electron chi connectivity index (χ1n) is 22.8. The van der Waals surface area contributed by atoms with Gasteiger partial charge in [0, 0.05) is 50.9 Å². The van der Waals surface area contributed by atoms with Crippen LogP contribution in [0.2, 0.25) is 0 Å². The summed E-state index contributed by atoms with van der Waals surface area (Å²) in [7, 11) is 0. The Balaban J connectivity index is 1.23. The van der Waals surface area contributed by atoms with Crippen molar-refractivity contribution in [3.05, 3.63) is 185 Å². The van der Waals surface area contributed by atoms with Gasteiger partial charge < -0.3 is 14.7 Å². The summed E-state index contributed by atoms with van der Waals surface area (Å²) < 4.78 is 0. The molecule has 2 unspecified atom stereocenters. The highest BCUT2D eigenvalue weighted by Crippen LogP contribution is 2.65. The number of aryl methyl sites for hydroxylation is 3. The van der Waals surface area contributed by atoms with E-state index in [0.29, 0.717) is 0 Å². The standard InChI is InChI=1S/C58H58BN3/c1-37-32-38(2)54-46(33-37)57(9)31-30-39-18-14-15-21-45(39)58(57,10)62(54)44-28-29-48-50(36-44)61(43-26-24-40(25-27-43)55(3,4)5)52-35-41(56(6,7)8)34-51-53(52)59(48)47-22-16-17-23-49(47)60(51)42-19-12-11-13-20-42/h11-29,32-36H,30-31H2,1-10H3. The monoisotopic (exact) mass is 807 g/mol. The predicted octanol–water partition coefficient (Wildman–Crippen LogP) is 13.3. The average Bonchev–Trinajstić information content (AvgIpc) is 3.46. The van der Waals surface area contributed by atoms with Crippen LogP contribution < -0.4 is 31.1 Å². The molecule has 7 aromatic carbocycles. The largest absolute Gasteiger partial charge is 0.330 e. The van der Waals surface area contributed by atoms with Crippen LogP contribution in [0.5, 0.6) is 0 Å². The van der Waals surface area contributed by atoms with E-state index in [-0.39, 0.29) is 28.5 Å². The zero-order chi connectivity index (χ0) is 43.1. The van der Waals surface area contributed by atoms with Crippen LogP contribution in [0.3, 0.4) is 0 Å². The fourth-order valence-electron chi connectivity index (χ4n) is 11.9. The van der Waals surface area contributed by atoms with Gasteiger partial charge in [0.25, 0.3) is 6.71 Å². The second kappa shape index (κ2) is 13.3. The van der Waals surface area contributed by atoms with Gasteiger partial charge in [0.2, 0.25) is 0 Å². The lowest BCUT2D eigenvalue weighted by Gasteiger charge is -2.51. The molecule has 4 heteroatoms. The Morgan fingerprint density at radius 3 is 1.82 bits per heavy atom. The zero-order valence-electron chi connectivity index (χ0n) is 38.2. The van der Waals surface area contributed by atoms with Crippen LogP contribution in [-0.2, 0) is 28.2 Å². The molecule has 0 radical (unpaired) electrons. The smallest absolute Gasteiger partial charge is 0.252 e. The molecule has 11 rings (SSSR count). The lowest BCUT2D eigenvalue weighted by molar-refractivity contribution is 0.245. The number of para-hydroxylation sites is 2. The van der Waals surface area contributed by atoms with E-state index >= 15 is 0 Å². The van der Waals surface area contributed by atoms with Crippen LogP contribution in [0.15, 0.2) is 146 Å².